The van der Waals surface area contributed by atoms with E-state index < -0.39 is 0 Å². The zero-order chi connectivity index (χ0) is 21.7. The summed E-state index contributed by atoms with van der Waals surface area (Å²) in [7, 11) is 0. The van der Waals surface area contributed by atoms with Crippen LogP contribution in [-0.4, -0.2) is 65.8 Å². The van der Waals surface area contributed by atoms with E-state index in [0.29, 0.717) is 23.7 Å². The highest BCUT2D eigenvalue weighted by Gasteiger charge is 2.60. The van der Waals surface area contributed by atoms with Crippen LogP contribution >= 0.6 is 0 Å². The Bertz CT molecular complexity index is 897. The molecule has 1 aromatic rings. The Kier molecular flexibility index (Phi) is 5.13. The molecule has 4 atom stereocenters. The van der Waals surface area contributed by atoms with Crippen molar-refractivity contribution < 1.29 is 9.59 Å². The number of piperazine rings is 1. The van der Waals surface area contributed by atoms with Crippen molar-refractivity contribution in [3.63, 3.8) is 0 Å². The lowest BCUT2D eigenvalue weighted by Gasteiger charge is -2.37. The van der Waals surface area contributed by atoms with Crippen LogP contribution in [0.3, 0.4) is 0 Å². The van der Waals surface area contributed by atoms with Gasteiger partial charge in [-0.25, -0.2) is 0 Å². The van der Waals surface area contributed by atoms with E-state index in [4.69, 9.17) is 0 Å². The van der Waals surface area contributed by atoms with Gasteiger partial charge < -0.3 is 9.80 Å². The van der Waals surface area contributed by atoms with E-state index in [1.807, 2.05) is 0 Å². The van der Waals surface area contributed by atoms with Crippen LogP contribution < -0.4 is 0 Å². The Balaban J connectivity index is 0.977. The molecule has 5 nitrogen and oxygen atoms in total. The molecule has 1 spiro atoms. The molecule has 2 aliphatic heterocycles. The molecule has 2 heterocycles. The Morgan fingerprint density at radius 1 is 0.844 bits per heavy atom. The smallest absolute Gasteiger partial charge is 0.226 e. The van der Waals surface area contributed by atoms with Gasteiger partial charge in [0.1, 0.15) is 0 Å². The summed E-state index contributed by atoms with van der Waals surface area (Å²) in [5.41, 5.74) is 1.53. The molecule has 0 radical (unpaired) electrons. The molecule has 0 N–H and O–H groups in total. The number of amides is 2. The Hall–Kier alpha value is -2.14. The van der Waals surface area contributed by atoms with Crippen LogP contribution in [0.15, 0.2) is 42.5 Å². The highest BCUT2D eigenvalue weighted by Crippen LogP contribution is 2.60. The molecule has 4 fully saturated rings. The monoisotopic (exact) mass is 433 g/mol. The fourth-order valence-electron chi connectivity index (χ4n) is 6.91. The van der Waals surface area contributed by atoms with Crippen molar-refractivity contribution in [2.75, 3.05) is 39.3 Å². The topological polar surface area (TPSA) is 43.9 Å². The van der Waals surface area contributed by atoms with Crippen LogP contribution in [0.4, 0.5) is 0 Å². The maximum absolute atomic E-state index is 13.2. The second kappa shape index (κ2) is 8.02. The van der Waals surface area contributed by atoms with Crippen molar-refractivity contribution in [1.82, 2.24) is 14.7 Å². The van der Waals surface area contributed by atoms with Crippen LogP contribution in [0, 0.1) is 29.1 Å². The maximum atomic E-state index is 13.2. The summed E-state index contributed by atoms with van der Waals surface area (Å²) < 4.78 is 0. The summed E-state index contributed by atoms with van der Waals surface area (Å²) in [6.07, 6.45) is 9.88. The molecule has 5 aliphatic rings. The van der Waals surface area contributed by atoms with Crippen molar-refractivity contribution >= 4 is 11.8 Å². The van der Waals surface area contributed by atoms with Gasteiger partial charge in [-0.3, -0.25) is 14.5 Å². The lowest BCUT2D eigenvalue weighted by molar-refractivity contribution is -0.138. The van der Waals surface area contributed by atoms with Gasteiger partial charge in [-0.15, -0.1) is 0 Å². The SMILES string of the molecule is O=C([C@@H]1C[C@@H]2C=C[C@H]1C2)N1CCC2(CC1)C[C@H]2C(=O)N1CCN(Cc2ccccc2)CC1. The second-order valence-corrected chi connectivity index (χ2v) is 10.9. The van der Waals surface area contributed by atoms with Gasteiger partial charge >= 0.3 is 0 Å². The van der Waals surface area contributed by atoms with E-state index >= 15 is 0 Å². The van der Waals surface area contributed by atoms with Crippen LogP contribution in [0.25, 0.3) is 0 Å². The third-order valence-corrected chi connectivity index (χ3v) is 9.09. The average molecular weight is 434 g/mol. The molecule has 32 heavy (non-hydrogen) atoms. The number of rotatable bonds is 4. The summed E-state index contributed by atoms with van der Waals surface area (Å²) in [5.74, 6) is 2.31. The largest absolute Gasteiger partial charge is 0.342 e. The van der Waals surface area contributed by atoms with Gasteiger partial charge in [0.25, 0.3) is 0 Å². The number of likely N-dealkylation sites (tertiary alicyclic amines) is 1. The quantitative estimate of drug-likeness (QED) is 0.685. The molecule has 170 valence electrons. The normalized spacial score (nSPS) is 33.1. The average Bonchev–Trinajstić information content (AvgIpc) is 3.15. The number of carbonyl (C=O) groups excluding carboxylic acids is 2. The van der Waals surface area contributed by atoms with Crippen molar-refractivity contribution in [1.29, 1.82) is 0 Å². The predicted octanol–water partition coefficient (Wildman–Crippen LogP) is 3.17. The lowest BCUT2D eigenvalue weighted by Crippen LogP contribution is -2.49. The summed E-state index contributed by atoms with van der Waals surface area (Å²) in [4.78, 5) is 33.0. The first-order valence-electron chi connectivity index (χ1n) is 12.6. The minimum absolute atomic E-state index is 0.184. The molecular weight excluding hydrogens is 398 g/mol. The van der Waals surface area contributed by atoms with E-state index in [1.165, 1.54) is 12.0 Å². The predicted molar refractivity (Wildman–Crippen MR) is 123 cm³/mol. The van der Waals surface area contributed by atoms with Gasteiger partial charge in [-0.2, -0.15) is 0 Å². The molecule has 2 amide bonds. The number of piperidine rings is 1. The number of carbonyl (C=O) groups is 2. The Morgan fingerprint density at radius 3 is 2.22 bits per heavy atom. The summed E-state index contributed by atoms with van der Waals surface area (Å²) in [5, 5.41) is 0. The van der Waals surface area contributed by atoms with E-state index in [9.17, 15) is 9.59 Å². The van der Waals surface area contributed by atoms with E-state index in [0.717, 1.165) is 71.5 Å². The van der Waals surface area contributed by atoms with Crippen LogP contribution in [0.1, 0.15) is 37.7 Å². The van der Waals surface area contributed by atoms with Crippen molar-refractivity contribution in [2.45, 2.75) is 38.6 Å². The van der Waals surface area contributed by atoms with Gasteiger partial charge in [0.05, 0.1) is 0 Å². The Morgan fingerprint density at radius 2 is 1.56 bits per heavy atom. The van der Waals surface area contributed by atoms with Gasteiger partial charge in [0.15, 0.2) is 0 Å². The number of fused-ring (bicyclic) bond motifs is 2. The maximum Gasteiger partial charge on any atom is 0.226 e. The van der Waals surface area contributed by atoms with E-state index in [2.05, 4.69) is 57.2 Å². The van der Waals surface area contributed by atoms with Gasteiger partial charge in [-0.05, 0) is 54.9 Å². The third kappa shape index (κ3) is 3.68. The molecular formula is C27H35N3O2. The fourth-order valence-corrected chi connectivity index (χ4v) is 6.91. The zero-order valence-corrected chi connectivity index (χ0v) is 19.0. The van der Waals surface area contributed by atoms with Gasteiger partial charge in [0.2, 0.25) is 11.8 Å². The highest BCUT2D eigenvalue weighted by molar-refractivity contribution is 5.83. The number of hydrogen-bond acceptors (Lipinski definition) is 3. The molecule has 2 bridgehead atoms. The molecule has 0 unspecified atom stereocenters. The molecule has 3 aliphatic carbocycles. The van der Waals surface area contributed by atoms with Crippen LogP contribution in [-0.2, 0) is 16.1 Å². The van der Waals surface area contributed by atoms with E-state index in [-0.39, 0.29) is 17.3 Å². The zero-order valence-electron chi connectivity index (χ0n) is 19.0. The summed E-state index contributed by atoms with van der Waals surface area (Å²) in [6.45, 7) is 6.29. The number of benzene rings is 1. The number of allylic oxidation sites excluding steroid dienone is 2. The minimum Gasteiger partial charge on any atom is -0.342 e. The van der Waals surface area contributed by atoms with Gasteiger partial charge in [-0.1, -0.05) is 42.5 Å². The van der Waals surface area contributed by atoms with Gasteiger partial charge in [0, 0.05) is 57.6 Å². The molecule has 1 aromatic carbocycles. The molecule has 5 heteroatoms. The number of nitrogens with zero attached hydrogens (tertiary/aromatic N) is 3. The van der Waals surface area contributed by atoms with Crippen molar-refractivity contribution in [3.05, 3.63) is 48.0 Å². The van der Waals surface area contributed by atoms with Crippen molar-refractivity contribution in [2.24, 2.45) is 29.1 Å². The first kappa shape index (κ1) is 20.5. The highest BCUT2D eigenvalue weighted by atomic mass is 16.2. The number of hydrogen-bond donors (Lipinski definition) is 0. The first-order valence-corrected chi connectivity index (χ1v) is 12.6. The molecule has 2 saturated carbocycles. The standard InChI is InChI=1S/C27H35N3O2/c31-25(23-17-21-6-7-22(23)16-21)29-10-8-27(9-11-29)18-24(27)26(32)30-14-12-28(13-15-30)19-20-4-2-1-3-5-20/h1-7,21-24H,8-19H2/t21-,22+,23-,24+/m1/s1. The summed E-state index contributed by atoms with van der Waals surface area (Å²) >= 11 is 0. The Labute approximate surface area is 191 Å². The van der Waals surface area contributed by atoms with Crippen LogP contribution in [0.2, 0.25) is 0 Å². The van der Waals surface area contributed by atoms with E-state index in [1.54, 1.807) is 0 Å². The van der Waals surface area contributed by atoms with Crippen LogP contribution in [0.5, 0.6) is 0 Å². The minimum atomic E-state index is 0.184. The first-order chi connectivity index (χ1) is 15.6. The molecule has 0 aromatic heterocycles. The summed E-state index contributed by atoms with van der Waals surface area (Å²) in [6, 6.07) is 10.6. The molecule has 6 rings (SSSR count). The van der Waals surface area contributed by atoms with Crippen molar-refractivity contribution in [3.8, 4) is 0 Å². The lowest BCUT2D eigenvalue weighted by atomic mass is 9.87. The molecule has 2 saturated heterocycles. The second-order valence-electron chi connectivity index (χ2n) is 10.9. The fraction of sp³-hybridized carbons (Fsp3) is 0.630. The third-order valence-electron chi connectivity index (χ3n) is 9.09.